The Bertz CT molecular complexity index is 543. The fourth-order valence-corrected chi connectivity index (χ4v) is 3.21. The zero-order valence-corrected chi connectivity index (χ0v) is 12.8. The second-order valence-electron chi connectivity index (χ2n) is 5.05. The lowest BCUT2D eigenvalue weighted by Crippen LogP contribution is -2.36. The Kier molecular flexibility index (Phi) is 5.36. The molecule has 1 fully saturated rings. The zero-order chi connectivity index (χ0) is 16.3. The number of halogens is 3. The molecule has 8 heteroatoms. The lowest BCUT2D eigenvalue weighted by molar-refractivity contribution is -0.138. The molecule has 1 aliphatic heterocycles. The Labute approximate surface area is 130 Å². The van der Waals surface area contributed by atoms with Crippen molar-refractivity contribution in [2.24, 2.45) is 5.73 Å². The number of ether oxygens (including phenoxy) is 1. The van der Waals surface area contributed by atoms with Crippen LogP contribution in [0.2, 0.25) is 0 Å². The Balaban J connectivity index is 2.21. The van der Waals surface area contributed by atoms with E-state index in [1.54, 1.807) is 0 Å². The Hall–Kier alpha value is -1.25. The second kappa shape index (κ2) is 6.89. The average molecular weight is 334 g/mol. The van der Waals surface area contributed by atoms with Gasteiger partial charge in [0.2, 0.25) is 0 Å². The quantitative estimate of drug-likeness (QED) is 0.680. The van der Waals surface area contributed by atoms with Crippen LogP contribution in [0, 0.1) is 0 Å². The van der Waals surface area contributed by atoms with Crippen LogP contribution in [0.25, 0.3) is 0 Å². The number of nitrogens with two attached hydrogens (primary N) is 1. The predicted octanol–water partition coefficient (Wildman–Crippen LogP) is 2.92. The van der Waals surface area contributed by atoms with E-state index in [0.717, 1.165) is 39.1 Å². The van der Waals surface area contributed by atoms with Gasteiger partial charge in [-0.15, -0.1) is 0 Å². The average Bonchev–Trinajstić information content (AvgIpc) is 2.47. The minimum absolute atomic E-state index is 0.176. The van der Waals surface area contributed by atoms with E-state index in [4.69, 9.17) is 5.73 Å². The van der Waals surface area contributed by atoms with Crippen LogP contribution in [0.1, 0.15) is 28.8 Å². The highest BCUT2D eigenvalue weighted by molar-refractivity contribution is 7.97. The van der Waals surface area contributed by atoms with Crippen molar-refractivity contribution < 1.29 is 22.7 Å². The molecule has 1 aromatic rings. The molecule has 22 heavy (non-hydrogen) atoms. The smallest absolute Gasteiger partial charge is 0.417 e. The van der Waals surface area contributed by atoms with Crippen LogP contribution in [-0.2, 0) is 10.9 Å². The molecule has 1 heterocycles. The van der Waals surface area contributed by atoms with Crippen LogP contribution in [-0.4, -0.2) is 36.5 Å². The van der Waals surface area contributed by atoms with E-state index in [2.05, 4.69) is 4.74 Å². The Morgan fingerprint density at radius 2 is 2.00 bits per heavy atom. The number of nitrogens with zero attached hydrogens (tertiary/aromatic N) is 1. The number of hydrogen-bond donors (Lipinski definition) is 1. The second-order valence-corrected chi connectivity index (χ2v) is 6.22. The number of esters is 1. The molecule has 0 spiro atoms. The first-order chi connectivity index (χ1) is 10.3. The van der Waals surface area contributed by atoms with Gasteiger partial charge in [0.05, 0.1) is 18.2 Å². The van der Waals surface area contributed by atoms with Gasteiger partial charge >= 0.3 is 12.1 Å². The highest BCUT2D eigenvalue weighted by atomic mass is 32.2. The van der Waals surface area contributed by atoms with Gasteiger partial charge < -0.3 is 10.5 Å². The summed E-state index contributed by atoms with van der Waals surface area (Å²) in [6.45, 7) is 1.53. The zero-order valence-electron chi connectivity index (χ0n) is 12.0. The minimum Gasteiger partial charge on any atom is -0.465 e. The van der Waals surface area contributed by atoms with Crippen molar-refractivity contribution in [1.82, 2.24) is 4.31 Å². The third kappa shape index (κ3) is 4.15. The van der Waals surface area contributed by atoms with Crippen molar-refractivity contribution in [3.8, 4) is 0 Å². The van der Waals surface area contributed by atoms with Crippen LogP contribution in [0.3, 0.4) is 0 Å². The molecule has 1 aromatic carbocycles. The van der Waals surface area contributed by atoms with Crippen molar-refractivity contribution in [3.63, 3.8) is 0 Å². The first-order valence-electron chi connectivity index (χ1n) is 6.79. The van der Waals surface area contributed by atoms with Gasteiger partial charge in [-0.1, -0.05) is 0 Å². The van der Waals surface area contributed by atoms with Crippen molar-refractivity contribution in [2.75, 3.05) is 20.2 Å². The molecule has 4 nitrogen and oxygen atoms in total. The summed E-state index contributed by atoms with van der Waals surface area (Å²) in [6.07, 6.45) is -2.90. The van der Waals surface area contributed by atoms with E-state index in [1.165, 1.54) is 24.1 Å². The van der Waals surface area contributed by atoms with Crippen molar-refractivity contribution in [2.45, 2.75) is 30.0 Å². The van der Waals surface area contributed by atoms with Gasteiger partial charge in [0.1, 0.15) is 0 Å². The SMILES string of the molecule is COC(=O)c1cc(SN2CCC(N)CC2)ccc1C(F)(F)F. The molecular formula is C14H17F3N2O2S. The number of methoxy groups -OCH3 is 1. The molecule has 0 aromatic heterocycles. The summed E-state index contributed by atoms with van der Waals surface area (Å²) in [7, 11) is 1.06. The van der Waals surface area contributed by atoms with Gasteiger partial charge in [-0.25, -0.2) is 9.10 Å². The van der Waals surface area contributed by atoms with Crippen LogP contribution < -0.4 is 5.73 Å². The van der Waals surface area contributed by atoms with Crippen LogP contribution in [0.5, 0.6) is 0 Å². The van der Waals surface area contributed by atoms with Gasteiger partial charge in [0.15, 0.2) is 0 Å². The molecule has 0 saturated carbocycles. The molecule has 0 bridgehead atoms. The number of hydrogen-bond acceptors (Lipinski definition) is 5. The molecule has 0 radical (unpaired) electrons. The minimum atomic E-state index is -4.59. The first kappa shape index (κ1) is 17.1. The van der Waals surface area contributed by atoms with E-state index in [-0.39, 0.29) is 6.04 Å². The number of rotatable bonds is 3. The summed E-state index contributed by atoms with van der Waals surface area (Å²) in [6, 6.07) is 3.70. The maximum Gasteiger partial charge on any atom is 0.417 e. The number of benzene rings is 1. The molecule has 0 atom stereocenters. The fourth-order valence-electron chi connectivity index (χ4n) is 2.22. The maximum atomic E-state index is 12.9. The van der Waals surface area contributed by atoms with Crippen LogP contribution in [0.4, 0.5) is 13.2 Å². The lowest BCUT2D eigenvalue weighted by atomic mass is 10.1. The monoisotopic (exact) mass is 334 g/mol. The van der Waals surface area contributed by atoms with Gasteiger partial charge in [-0.2, -0.15) is 13.2 Å². The van der Waals surface area contributed by atoms with Crippen molar-refractivity contribution in [1.29, 1.82) is 0 Å². The van der Waals surface area contributed by atoms with Crippen LogP contribution >= 0.6 is 11.9 Å². The van der Waals surface area contributed by atoms with Crippen molar-refractivity contribution >= 4 is 17.9 Å². The number of piperidine rings is 1. The third-order valence-corrected chi connectivity index (χ3v) is 4.52. The lowest BCUT2D eigenvalue weighted by Gasteiger charge is -2.29. The standard InChI is InChI=1S/C14H17F3N2O2S/c1-21-13(20)11-8-10(2-3-12(11)14(15,16)17)22-19-6-4-9(18)5-7-19/h2-3,8-9H,4-7,18H2,1H3. The molecule has 1 aliphatic rings. The molecule has 0 amide bonds. The summed E-state index contributed by atoms with van der Waals surface area (Å²) in [5, 5.41) is 0. The Morgan fingerprint density at radius 1 is 1.36 bits per heavy atom. The molecular weight excluding hydrogens is 317 g/mol. The summed E-state index contributed by atoms with van der Waals surface area (Å²) in [5.41, 5.74) is 4.37. The topological polar surface area (TPSA) is 55.6 Å². The molecule has 122 valence electrons. The van der Waals surface area contributed by atoms with E-state index in [0.29, 0.717) is 4.90 Å². The summed E-state index contributed by atoms with van der Waals surface area (Å²) in [5.74, 6) is -0.990. The number of carbonyl (C=O) groups excluding carboxylic acids is 1. The molecule has 2 rings (SSSR count). The summed E-state index contributed by atoms with van der Waals surface area (Å²) in [4.78, 5) is 12.2. The molecule has 0 aliphatic carbocycles. The normalized spacial score (nSPS) is 17.5. The predicted molar refractivity (Wildman–Crippen MR) is 77.4 cm³/mol. The highest BCUT2D eigenvalue weighted by Crippen LogP contribution is 2.35. The summed E-state index contributed by atoms with van der Waals surface area (Å²) >= 11 is 1.33. The maximum absolute atomic E-state index is 12.9. The van der Waals surface area contributed by atoms with Gasteiger partial charge in [-0.3, -0.25) is 0 Å². The molecule has 2 N–H and O–H groups in total. The first-order valence-corrected chi connectivity index (χ1v) is 7.56. The molecule has 1 saturated heterocycles. The van der Waals surface area contributed by atoms with E-state index < -0.39 is 23.3 Å². The van der Waals surface area contributed by atoms with Gasteiger partial charge in [-0.05, 0) is 43.0 Å². The number of carbonyl (C=O) groups is 1. The highest BCUT2D eigenvalue weighted by Gasteiger charge is 2.35. The summed E-state index contributed by atoms with van der Waals surface area (Å²) < 4.78 is 45.3. The van der Waals surface area contributed by atoms with E-state index in [1.807, 2.05) is 4.31 Å². The van der Waals surface area contributed by atoms with Crippen molar-refractivity contribution in [3.05, 3.63) is 29.3 Å². The van der Waals surface area contributed by atoms with Gasteiger partial charge in [0, 0.05) is 24.0 Å². The van der Waals surface area contributed by atoms with E-state index >= 15 is 0 Å². The fraction of sp³-hybridized carbons (Fsp3) is 0.500. The van der Waals surface area contributed by atoms with Gasteiger partial charge in [0.25, 0.3) is 0 Å². The Morgan fingerprint density at radius 3 is 2.55 bits per heavy atom. The third-order valence-electron chi connectivity index (χ3n) is 3.43. The number of alkyl halides is 3. The largest absolute Gasteiger partial charge is 0.465 e. The molecule has 0 unspecified atom stereocenters. The van der Waals surface area contributed by atoms with Crippen LogP contribution in [0.15, 0.2) is 23.1 Å². The van der Waals surface area contributed by atoms with E-state index in [9.17, 15) is 18.0 Å².